The summed E-state index contributed by atoms with van der Waals surface area (Å²) < 4.78 is 5.13. The summed E-state index contributed by atoms with van der Waals surface area (Å²) in [5, 5.41) is 6.20. The number of urea groups is 1. The van der Waals surface area contributed by atoms with E-state index < -0.39 is 0 Å². The van der Waals surface area contributed by atoms with Crippen LogP contribution in [0.3, 0.4) is 0 Å². The smallest absolute Gasteiger partial charge is 0.315 e. The summed E-state index contributed by atoms with van der Waals surface area (Å²) in [5.41, 5.74) is 0.902. The molecule has 0 saturated carbocycles. The van der Waals surface area contributed by atoms with Gasteiger partial charge in [-0.2, -0.15) is 0 Å². The number of benzene rings is 1. The fourth-order valence-corrected chi connectivity index (χ4v) is 1.83. The quantitative estimate of drug-likeness (QED) is 0.781. The number of carbonyl (C=O) groups is 1. The zero-order valence-electron chi connectivity index (χ0n) is 10.7. The van der Waals surface area contributed by atoms with Gasteiger partial charge in [-0.05, 0) is 25.5 Å². The predicted molar refractivity (Wildman–Crippen MR) is 72.9 cm³/mol. The predicted octanol–water partition coefficient (Wildman–Crippen LogP) is 2.74. The van der Waals surface area contributed by atoms with Gasteiger partial charge in [-0.3, -0.25) is 0 Å². The Hall–Kier alpha value is -1.26. The van der Waals surface area contributed by atoms with E-state index in [1.54, 1.807) is 0 Å². The molecule has 0 aromatic heterocycles. The Morgan fingerprint density at radius 3 is 2.83 bits per heavy atom. The first-order chi connectivity index (χ1) is 8.65. The van der Waals surface area contributed by atoms with E-state index in [9.17, 15) is 4.79 Å². The van der Waals surface area contributed by atoms with Crippen molar-refractivity contribution in [2.24, 2.45) is 0 Å². The van der Waals surface area contributed by atoms with Crippen molar-refractivity contribution in [1.82, 2.24) is 10.6 Å². The van der Waals surface area contributed by atoms with Crippen molar-refractivity contribution < 1.29 is 9.53 Å². The highest BCUT2D eigenvalue weighted by molar-refractivity contribution is 6.31. The first-order valence-electron chi connectivity index (χ1n) is 6.01. The Morgan fingerprint density at radius 1 is 1.44 bits per heavy atom. The van der Waals surface area contributed by atoms with Crippen molar-refractivity contribution >= 4 is 17.6 Å². The highest BCUT2D eigenvalue weighted by atomic mass is 35.5. The molecule has 4 nitrogen and oxygen atoms in total. The molecule has 2 amide bonds. The maximum absolute atomic E-state index is 11.6. The lowest BCUT2D eigenvalue weighted by Crippen LogP contribution is -2.38. The third kappa shape index (κ3) is 4.94. The van der Waals surface area contributed by atoms with Crippen LogP contribution in [-0.2, 0) is 4.74 Å². The molecule has 1 aromatic carbocycles. The van der Waals surface area contributed by atoms with E-state index in [2.05, 4.69) is 10.6 Å². The van der Waals surface area contributed by atoms with Gasteiger partial charge < -0.3 is 15.4 Å². The van der Waals surface area contributed by atoms with Crippen LogP contribution < -0.4 is 10.6 Å². The lowest BCUT2D eigenvalue weighted by molar-refractivity contribution is 0.149. The Kier molecular flexibility index (Phi) is 6.54. The second-order valence-corrected chi connectivity index (χ2v) is 4.25. The van der Waals surface area contributed by atoms with E-state index in [0.29, 0.717) is 24.8 Å². The zero-order valence-corrected chi connectivity index (χ0v) is 11.5. The van der Waals surface area contributed by atoms with Crippen molar-refractivity contribution in [1.29, 1.82) is 0 Å². The molecule has 0 aliphatic rings. The lowest BCUT2D eigenvalue weighted by atomic mass is 10.1. The summed E-state index contributed by atoms with van der Waals surface area (Å²) in [5.74, 6) is 0. The molecule has 1 atom stereocenters. The van der Waals surface area contributed by atoms with Gasteiger partial charge in [0.25, 0.3) is 0 Å². The van der Waals surface area contributed by atoms with Crippen LogP contribution in [0, 0.1) is 0 Å². The van der Waals surface area contributed by atoms with E-state index >= 15 is 0 Å². The average molecular weight is 271 g/mol. The number of carbonyl (C=O) groups excluding carboxylic acids is 1. The van der Waals surface area contributed by atoms with Gasteiger partial charge in [0.15, 0.2) is 0 Å². The molecule has 0 bridgehead atoms. The lowest BCUT2D eigenvalue weighted by Gasteiger charge is -2.16. The standard InChI is InChI=1S/C13H19ClN2O2/c1-3-18-9-8-15-13(17)16-10(2)11-6-4-5-7-12(11)14/h4-7,10H,3,8-9H2,1-2H3,(H2,15,16,17)/t10-/m1/s1. The van der Waals surface area contributed by atoms with Crippen LogP contribution in [-0.4, -0.2) is 25.8 Å². The van der Waals surface area contributed by atoms with Gasteiger partial charge in [-0.15, -0.1) is 0 Å². The minimum absolute atomic E-state index is 0.134. The molecule has 0 unspecified atom stereocenters. The molecule has 0 aliphatic heterocycles. The SMILES string of the molecule is CCOCCNC(=O)N[C@H](C)c1ccccc1Cl. The van der Waals surface area contributed by atoms with Gasteiger partial charge in [0, 0.05) is 18.2 Å². The van der Waals surface area contributed by atoms with Crippen LogP contribution in [0.4, 0.5) is 4.79 Å². The fourth-order valence-electron chi connectivity index (χ4n) is 1.53. The molecule has 0 spiro atoms. The largest absolute Gasteiger partial charge is 0.380 e. The molecule has 1 aromatic rings. The van der Waals surface area contributed by atoms with Crippen LogP contribution in [0.1, 0.15) is 25.5 Å². The summed E-state index contributed by atoms with van der Waals surface area (Å²) in [7, 11) is 0. The number of nitrogens with one attached hydrogen (secondary N) is 2. The van der Waals surface area contributed by atoms with Crippen LogP contribution >= 0.6 is 11.6 Å². The van der Waals surface area contributed by atoms with Crippen molar-refractivity contribution in [2.75, 3.05) is 19.8 Å². The fraction of sp³-hybridized carbons (Fsp3) is 0.462. The monoisotopic (exact) mass is 270 g/mol. The first-order valence-corrected chi connectivity index (χ1v) is 6.39. The average Bonchev–Trinajstić information content (AvgIpc) is 2.35. The first kappa shape index (κ1) is 14.8. The molecule has 0 saturated heterocycles. The molecule has 0 heterocycles. The molecule has 0 radical (unpaired) electrons. The van der Waals surface area contributed by atoms with E-state index in [0.717, 1.165) is 5.56 Å². The van der Waals surface area contributed by atoms with Gasteiger partial charge in [-0.25, -0.2) is 4.79 Å². The minimum atomic E-state index is -0.220. The zero-order chi connectivity index (χ0) is 13.4. The number of hydrogen-bond acceptors (Lipinski definition) is 2. The van der Waals surface area contributed by atoms with Crippen LogP contribution in [0.25, 0.3) is 0 Å². The normalized spacial score (nSPS) is 11.9. The van der Waals surface area contributed by atoms with E-state index in [-0.39, 0.29) is 12.1 Å². The van der Waals surface area contributed by atoms with Crippen LogP contribution in [0.15, 0.2) is 24.3 Å². The second kappa shape index (κ2) is 7.95. The summed E-state index contributed by atoms with van der Waals surface area (Å²) in [6.45, 7) is 5.47. The Balaban J connectivity index is 2.38. The summed E-state index contributed by atoms with van der Waals surface area (Å²) in [6.07, 6.45) is 0. The van der Waals surface area contributed by atoms with Gasteiger partial charge in [0.2, 0.25) is 0 Å². The highest BCUT2D eigenvalue weighted by Gasteiger charge is 2.11. The van der Waals surface area contributed by atoms with Gasteiger partial charge >= 0.3 is 6.03 Å². The number of rotatable bonds is 6. The van der Waals surface area contributed by atoms with Crippen LogP contribution in [0.2, 0.25) is 5.02 Å². The molecule has 2 N–H and O–H groups in total. The molecule has 100 valence electrons. The molecule has 0 aliphatic carbocycles. The summed E-state index contributed by atoms with van der Waals surface area (Å²) >= 11 is 6.06. The van der Waals surface area contributed by atoms with E-state index in [1.807, 2.05) is 38.1 Å². The van der Waals surface area contributed by atoms with Crippen molar-refractivity contribution in [2.45, 2.75) is 19.9 Å². The van der Waals surface area contributed by atoms with E-state index in [4.69, 9.17) is 16.3 Å². The van der Waals surface area contributed by atoms with Crippen molar-refractivity contribution in [3.8, 4) is 0 Å². The number of hydrogen-bond donors (Lipinski definition) is 2. The maximum Gasteiger partial charge on any atom is 0.315 e. The number of amides is 2. The molecule has 5 heteroatoms. The van der Waals surface area contributed by atoms with Crippen molar-refractivity contribution in [3.05, 3.63) is 34.9 Å². The molecular formula is C13H19ClN2O2. The van der Waals surface area contributed by atoms with Crippen molar-refractivity contribution in [3.63, 3.8) is 0 Å². The highest BCUT2D eigenvalue weighted by Crippen LogP contribution is 2.21. The number of halogens is 1. The topological polar surface area (TPSA) is 50.4 Å². The summed E-state index contributed by atoms with van der Waals surface area (Å²) in [4.78, 5) is 11.6. The second-order valence-electron chi connectivity index (χ2n) is 3.84. The maximum atomic E-state index is 11.6. The van der Waals surface area contributed by atoms with Gasteiger partial charge in [-0.1, -0.05) is 29.8 Å². The Labute approximate surface area is 113 Å². The van der Waals surface area contributed by atoms with Crippen LogP contribution in [0.5, 0.6) is 0 Å². The molecular weight excluding hydrogens is 252 g/mol. The van der Waals surface area contributed by atoms with E-state index in [1.165, 1.54) is 0 Å². The number of ether oxygens (including phenoxy) is 1. The third-order valence-corrected chi connectivity index (χ3v) is 2.80. The van der Waals surface area contributed by atoms with Gasteiger partial charge in [0.1, 0.15) is 0 Å². The summed E-state index contributed by atoms with van der Waals surface area (Å²) in [6, 6.07) is 7.11. The molecule has 18 heavy (non-hydrogen) atoms. The Bertz CT molecular complexity index is 385. The molecule has 1 rings (SSSR count). The third-order valence-electron chi connectivity index (χ3n) is 2.46. The van der Waals surface area contributed by atoms with Gasteiger partial charge in [0.05, 0.1) is 12.6 Å². The minimum Gasteiger partial charge on any atom is -0.380 e. The Morgan fingerprint density at radius 2 is 2.17 bits per heavy atom. The molecule has 0 fully saturated rings.